The zero-order valence-corrected chi connectivity index (χ0v) is 13.7. The molecule has 0 saturated carbocycles. The summed E-state index contributed by atoms with van der Waals surface area (Å²) in [6.07, 6.45) is 5.54. The third-order valence-corrected chi connectivity index (χ3v) is 4.12. The van der Waals surface area contributed by atoms with Gasteiger partial charge in [-0.05, 0) is 24.6 Å². The second kappa shape index (κ2) is 7.13. The zero-order chi connectivity index (χ0) is 17.8. The van der Waals surface area contributed by atoms with Crippen LogP contribution in [0.15, 0.2) is 28.9 Å². The maximum atomic E-state index is 14.1. The van der Waals surface area contributed by atoms with Crippen LogP contribution < -0.4 is 5.32 Å². The molecule has 1 aromatic heterocycles. The van der Waals surface area contributed by atoms with Crippen LogP contribution >= 0.6 is 0 Å². The summed E-state index contributed by atoms with van der Waals surface area (Å²) in [5.41, 5.74) is 1.26. The second-order valence-electron chi connectivity index (χ2n) is 5.72. The molecule has 0 radical (unpaired) electrons. The summed E-state index contributed by atoms with van der Waals surface area (Å²) in [5.74, 6) is 0.462. The molecule has 1 saturated heterocycles. The van der Waals surface area contributed by atoms with Gasteiger partial charge in [-0.25, -0.2) is 4.39 Å². The molecule has 1 unspecified atom stereocenters. The van der Waals surface area contributed by atoms with Crippen LogP contribution in [0, 0.1) is 22.7 Å². The molecule has 1 aliphatic heterocycles. The van der Waals surface area contributed by atoms with Crippen LogP contribution in [0.4, 0.5) is 4.39 Å². The van der Waals surface area contributed by atoms with Crippen LogP contribution in [0.25, 0.3) is 17.0 Å². The monoisotopic (exact) mass is 340 g/mol. The molecule has 2 aromatic rings. The van der Waals surface area contributed by atoms with Crippen molar-refractivity contribution in [1.29, 1.82) is 10.7 Å². The van der Waals surface area contributed by atoms with Gasteiger partial charge in [0.1, 0.15) is 5.82 Å². The van der Waals surface area contributed by atoms with Crippen LogP contribution in [0.3, 0.4) is 0 Å². The number of likely N-dealkylation sites (tertiary alicyclic amines) is 1. The number of nitrogens with one attached hydrogen (secondary N) is 2. The summed E-state index contributed by atoms with van der Waals surface area (Å²) in [5, 5.41) is 23.2. The Bertz CT molecular complexity index is 853. The number of nitrogens with zero attached hydrogens (tertiary/aromatic N) is 4. The van der Waals surface area contributed by atoms with Crippen LogP contribution in [-0.2, 0) is 0 Å². The van der Waals surface area contributed by atoms with Gasteiger partial charge >= 0.3 is 0 Å². The van der Waals surface area contributed by atoms with Crippen LogP contribution in [0.1, 0.15) is 23.7 Å². The smallest absolute Gasteiger partial charge is 0.257 e. The molecule has 1 aliphatic rings. The van der Waals surface area contributed by atoms with Gasteiger partial charge in [0.25, 0.3) is 5.89 Å². The van der Waals surface area contributed by atoms with Crippen molar-refractivity contribution >= 4 is 11.8 Å². The van der Waals surface area contributed by atoms with Gasteiger partial charge in [0, 0.05) is 55.2 Å². The Balaban J connectivity index is 1.89. The number of hydrogen-bond donors (Lipinski definition) is 2. The summed E-state index contributed by atoms with van der Waals surface area (Å²) in [6.45, 7) is 1.26. The quantitative estimate of drug-likeness (QED) is 0.640. The first-order valence-electron chi connectivity index (χ1n) is 7.82. The molecule has 1 atom stereocenters. The lowest BCUT2D eigenvalue weighted by atomic mass is 10.0. The normalized spacial score (nSPS) is 17.4. The zero-order valence-electron chi connectivity index (χ0n) is 13.7. The first kappa shape index (κ1) is 16.6. The molecule has 2 heterocycles. The first-order valence-corrected chi connectivity index (χ1v) is 7.82. The van der Waals surface area contributed by atoms with E-state index in [0.29, 0.717) is 35.9 Å². The first-order chi connectivity index (χ1) is 12.2. The van der Waals surface area contributed by atoms with Crippen molar-refractivity contribution in [3.05, 3.63) is 41.6 Å². The Morgan fingerprint density at radius 3 is 3.08 bits per heavy atom. The molecule has 1 fully saturated rings. The largest absolute Gasteiger partial charge is 0.393 e. The number of rotatable bonds is 5. The lowest BCUT2D eigenvalue weighted by Gasteiger charge is -2.05. The Labute approximate surface area is 144 Å². The summed E-state index contributed by atoms with van der Waals surface area (Å²) in [6, 6.07) is 4.46. The lowest BCUT2D eigenvalue weighted by molar-refractivity contribution is 0.413. The van der Waals surface area contributed by atoms with E-state index in [1.54, 1.807) is 30.3 Å². The third kappa shape index (κ3) is 3.35. The Morgan fingerprint density at radius 2 is 2.40 bits per heavy atom. The lowest BCUT2D eigenvalue weighted by Crippen LogP contribution is -2.13. The van der Waals surface area contributed by atoms with Crippen LogP contribution in [0.5, 0.6) is 0 Å². The molecule has 7 nitrogen and oxygen atoms in total. The van der Waals surface area contributed by atoms with Gasteiger partial charge in [-0.15, -0.1) is 0 Å². The number of hydrogen-bond acceptors (Lipinski definition) is 7. The van der Waals surface area contributed by atoms with Gasteiger partial charge in [0.05, 0.1) is 0 Å². The fourth-order valence-electron chi connectivity index (χ4n) is 2.81. The van der Waals surface area contributed by atoms with E-state index in [4.69, 9.17) is 15.2 Å². The summed E-state index contributed by atoms with van der Waals surface area (Å²) < 4.78 is 19.4. The minimum Gasteiger partial charge on any atom is -0.393 e. The molecule has 128 valence electrons. The highest BCUT2D eigenvalue weighted by molar-refractivity contribution is 6.08. The molecule has 0 amide bonds. The SMILES string of the molecule is CN/C=C(\C=N)c1cc(-c2nc(C3CCN(C#N)C3)no2)ccc1F. The maximum absolute atomic E-state index is 14.1. The Kier molecular flexibility index (Phi) is 4.75. The van der Waals surface area contributed by atoms with E-state index in [-0.39, 0.29) is 11.5 Å². The molecular weight excluding hydrogens is 323 g/mol. The van der Waals surface area contributed by atoms with Gasteiger partial charge in [-0.3, -0.25) is 0 Å². The Morgan fingerprint density at radius 1 is 1.56 bits per heavy atom. The highest BCUT2D eigenvalue weighted by atomic mass is 19.1. The molecule has 0 spiro atoms. The van der Waals surface area contributed by atoms with E-state index in [9.17, 15) is 4.39 Å². The van der Waals surface area contributed by atoms with Crippen molar-refractivity contribution in [2.45, 2.75) is 12.3 Å². The van der Waals surface area contributed by atoms with Gasteiger partial charge < -0.3 is 20.1 Å². The minimum absolute atomic E-state index is 0.0541. The molecule has 2 N–H and O–H groups in total. The van der Waals surface area contributed by atoms with E-state index >= 15 is 0 Å². The predicted molar refractivity (Wildman–Crippen MR) is 90.1 cm³/mol. The minimum atomic E-state index is -0.436. The van der Waals surface area contributed by atoms with E-state index in [0.717, 1.165) is 12.6 Å². The summed E-state index contributed by atoms with van der Waals surface area (Å²) in [4.78, 5) is 6.07. The van der Waals surface area contributed by atoms with E-state index in [2.05, 4.69) is 21.7 Å². The molecule has 0 aliphatic carbocycles. The maximum Gasteiger partial charge on any atom is 0.257 e. The second-order valence-corrected chi connectivity index (χ2v) is 5.72. The van der Waals surface area contributed by atoms with Crippen molar-refractivity contribution in [3.8, 4) is 17.6 Å². The molecule has 0 bridgehead atoms. The average molecular weight is 340 g/mol. The van der Waals surface area contributed by atoms with Crippen molar-refractivity contribution in [3.63, 3.8) is 0 Å². The van der Waals surface area contributed by atoms with Crippen LogP contribution in [0.2, 0.25) is 0 Å². The van der Waals surface area contributed by atoms with Crippen molar-refractivity contribution < 1.29 is 8.91 Å². The Hall–Kier alpha value is -3.21. The highest BCUT2D eigenvalue weighted by Crippen LogP contribution is 2.28. The topological polar surface area (TPSA) is 102 Å². The summed E-state index contributed by atoms with van der Waals surface area (Å²) >= 11 is 0. The molecule has 3 rings (SSSR count). The fourth-order valence-corrected chi connectivity index (χ4v) is 2.81. The number of halogens is 1. The van der Waals surface area contributed by atoms with Gasteiger partial charge in [0.2, 0.25) is 0 Å². The number of allylic oxidation sites excluding steroid dienone is 1. The van der Waals surface area contributed by atoms with Gasteiger partial charge in [-0.1, -0.05) is 5.16 Å². The van der Waals surface area contributed by atoms with Crippen molar-refractivity contribution in [2.24, 2.45) is 0 Å². The van der Waals surface area contributed by atoms with Gasteiger partial charge in [0.15, 0.2) is 12.0 Å². The molecular formula is C17H17FN6O. The van der Waals surface area contributed by atoms with E-state index in [1.807, 2.05) is 0 Å². The highest BCUT2D eigenvalue weighted by Gasteiger charge is 2.27. The van der Waals surface area contributed by atoms with Gasteiger partial charge in [-0.2, -0.15) is 10.2 Å². The third-order valence-electron chi connectivity index (χ3n) is 4.12. The van der Waals surface area contributed by atoms with E-state index in [1.165, 1.54) is 6.07 Å². The van der Waals surface area contributed by atoms with E-state index < -0.39 is 5.82 Å². The van der Waals surface area contributed by atoms with Crippen LogP contribution in [-0.4, -0.2) is 41.4 Å². The number of nitriles is 1. The van der Waals surface area contributed by atoms with Crippen molar-refractivity contribution in [2.75, 3.05) is 20.1 Å². The molecule has 8 heteroatoms. The molecule has 25 heavy (non-hydrogen) atoms. The fraction of sp³-hybridized carbons (Fsp3) is 0.294. The molecule has 1 aromatic carbocycles. The predicted octanol–water partition coefficient (Wildman–Crippen LogP) is 2.36. The number of benzene rings is 1. The average Bonchev–Trinajstić information content (AvgIpc) is 3.29. The summed E-state index contributed by atoms with van der Waals surface area (Å²) in [7, 11) is 1.68. The standard InChI is InChI=1S/C17H17FN6O/c1-21-8-13(7-19)14-6-11(2-3-15(14)18)17-22-16(23-25-17)12-4-5-24(9-12)10-20/h2-3,6-8,12,19,21H,4-5,9H2,1H3/b13-8+,19-7?. The van der Waals surface area contributed by atoms with Crippen molar-refractivity contribution in [1.82, 2.24) is 20.4 Å². The number of aromatic nitrogens is 2.